The number of nitrogens with zero attached hydrogens (tertiary/aromatic N) is 1. The van der Waals surface area contributed by atoms with Crippen molar-refractivity contribution in [2.24, 2.45) is 0 Å². The quantitative estimate of drug-likeness (QED) is 0.730. The number of benzene rings is 1. The third kappa shape index (κ3) is 1.99. The van der Waals surface area contributed by atoms with E-state index < -0.39 is 0 Å². The first-order valence-corrected chi connectivity index (χ1v) is 5.40. The number of carbonyl (C=O) groups is 1. The van der Waals surface area contributed by atoms with E-state index >= 15 is 0 Å². The van der Waals surface area contributed by atoms with Gasteiger partial charge in [-0.1, -0.05) is 11.6 Å². The summed E-state index contributed by atoms with van der Waals surface area (Å²) in [7, 11) is 1.39. The van der Waals surface area contributed by atoms with Crippen LogP contribution < -0.4 is 0 Å². The molecule has 1 aromatic carbocycles. The van der Waals surface area contributed by atoms with E-state index in [2.05, 4.69) is 15.2 Å². The standard InChI is InChI=1S/C11H11NO2S/c1-7-3-4-10-8(5-7)9(12-15-10)6-11(13)14-2/h3-5H,6H2,1-2H3. The number of methoxy groups -OCH3 is 1. The molecule has 0 aliphatic heterocycles. The minimum absolute atomic E-state index is 0.247. The van der Waals surface area contributed by atoms with Crippen molar-refractivity contribution in [3.8, 4) is 0 Å². The Hall–Kier alpha value is -1.42. The highest BCUT2D eigenvalue weighted by atomic mass is 32.1. The molecule has 0 amide bonds. The Morgan fingerprint density at radius 2 is 2.33 bits per heavy atom. The van der Waals surface area contributed by atoms with Crippen molar-refractivity contribution in [1.29, 1.82) is 0 Å². The van der Waals surface area contributed by atoms with Gasteiger partial charge in [0.15, 0.2) is 0 Å². The van der Waals surface area contributed by atoms with Gasteiger partial charge in [-0.15, -0.1) is 0 Å². The lowest BCUT2D eigenvalue weighted by Crippen LogP contribution is -2.04. The van der Waals surface area contributed by atoms with Crippen LogP contribution in [0.1, 0.15) is 11.3 Å². The molecule has 0 bridgehead atoms. The second kappa shape index (κ2) is 3.98. The average molecular weight is 221 g/mol. The smallest absolute Gasteiger partial charge is 0.311 e. The van der Waals surface area contributed by atoms with Gasteiger partial charge in [0.25, 0.3) is 0 Å². The van der Waals surface area contributed by atoms with Gasteiger partial charge in [-0.05, 0) is 30.6 Å². The number of hydrogen-bond acceptors (Lipinski definition) is 4. The van der Waals surface area contributed by atoms with Gasteiger partial charge in [0, 0.05) is 5.39 Å². The fraction of sp³-hybridized carbons (Fsp3) is 0.273. The zero-order valence-corrected chi connectivity index (χ0v) is 9.43. The third-order valence-corrected chi connectivity index (χ3v) is 3.10. The maximum Gasteiger partial charge on any atom is 0.311 e. The van der Waals surface area contributed by atoms with Crippen molar-refractivity contribution >= 4 is 27.6 Å². The van der Waals surface area contributed by atoms with E-state index in [-0.39, 0.29) is 12.4 Å². The molecule has 0 N–H and O–H groups in total. The summed E-state index contributed by atoms with van der Waals surface area (Å²) in [5, 5.41) is 1.06. The van der Waals surface area contributed by atoms with Crippen LogP contribution in [0.15, 0.2) is 18.2 Å². The highest BCUT2D eigenvalue weighted by molar-refractivity contribution is 7.13. The van der Waals surface area contributed by atoms with Crippen molar-refractivity contribution < 1.29 is 9.53 Å². The summed E-state index contributed by atoms with van der Waals surface area (Å²) in [6, 6.07) is 6.13. The SMILES string of the molecule is COC(=O)Cc1nsc2ccc(C)cc12. The van der Waals surface area contributed by atoms with Gasteiger partial charge in [0.05, 0.1) is 23.9 Å². The molecular formula is C11H11NO2S. The predicted octanol–water partition coefficient (Wildman–Crippen LogP) is 2.32. The summed E-state index contributed by atoms with van der Waals surface area (Å²) < 4.78 is 10.0. The van der Waals surface area contributed by atoms with Gasteiger partial charge in [0.1, 0.15) is 0 Å². The number of aromatic nitrogens is 1. The molecular weight excluding hydrogens is 210 g/mol. The van der Waals surface area contributed by atoms with E-state index in [1.165, 1.54) is 24.2 Å². The first kappa shape index (κ1) is 10.1. The molecule has 0 saturated heterocycles. The van der Waals surface area contributed by atoms with Gasteiger partial charge in [-0.25, -0.2) is 0 Å². The maximum absolute atomic E-state index is 11.2. The van der Waals surface area contributed by atoms with Gasteiger partial charge in [-0.3, -0.25) is 4.79 Å². The molecule has 0 radical (unpaired) electrons. The second-order valence-corrected chi connectivity index (χ2v) is 4.19. The van der Waals surface area contributed by atoms with Crippen molar-refractivity contribution in [1.82, 2.24) is 4.37 Å². The van der Waals surface area contributed by atoms with E-state index in [0.717, 1.165) is 15.8 Å². The minimum atomic E-state index is -0.247. The van der Waals surface area contributed by atoms with Crippen LogP contribution >= 0.6 is 11.5 Å². The van der Waals surface area contributed by atoms with Crippen molar-refractivity contribution in [2.75, 3.05) is 7.11 Å². The minimum Gasteiger partial charge on any atom is -0.469 e. The van der Waals surface area contributed by atoms with Gasteiger partial charge >= 0.3 is 5.97 Å². The zero-order chi connectivity index (χ0) is 10.8. The van der Waals surface area contributed by atoms with Crippen LogP contribution in [0.2, 0.25) is 0 Å². The highest BCUT2D eigenvalue weighted by Crippen LogP contribution is 2.24. The second-order valence-electron chi connectivity index (χ2n) is 3.38. The molecule has 0 atom stereocenters. The number of hydrogen-bond donors (Lipinski definition) is 0. The van der Waals surface area contributed by atoms with Crippen molar-refractivity contribution in [3.63, 3.8) is 0 Å². The predicted molar refractivity (Wildman–Crippen MR) is 60.1 cm³/mol. The van der Waals surface area contributed by atoms with Crippen LogP contribution in [-0.2, 0) is 16.0 Å². The summed E-state index contributed by atoms with van der Waals surface area (Å²) in [6.07, 6.45) is 0.250. The van der Waals surface area contributed by atoms with Gasteiger partial charge < -0.3 is 4.74 Å². The van der Waals surface area contributed by atoms with Crippen LogP contribution in [-0.4, -0.2) is 17.5 Å². The summed E-state index contributed by atoms with van der Waals surface area (Å²) in [4.78, 5) is 11.2. The van der Waals surface area contributed by atoms with Gasteiger partial charge in [-0.2, -0.15) is 4.37 Å². The summed E-state index contributed by atoms with van der Waals surface area (Å²) >= 11 is 1.42. The van der Waals surface area contributed by atoms with Crippen LogP contribution in [0.3, 0.4) is 0 Å². The number of esters is 1. The van der Waals surface area contributed by atoms with E-state index in [9.17, 15) is 4.79 Å². The molecule has 0 saturated carbocycles. The molecule has 2 rings (SSSR count). The Kier molecular flexibility index (Phi) is 2.68. The van der Waals surface area contributed by atoms with Gasteiger partial charge in [0.2, 0.25) is 0 Å². The number of ether oxygens (including phenoxy) is 1. The number of fused-ring (bicyclic) bond motifs is 1. The Bertz CT molecular complexity index is 504. The first-order chi connectivity index (χ1) is 7.20. The molecule has 0 spiro atoms. The Morgan fingerprint density at radius 3 is 3.07 bits per heavy atom. The van der Waals surface area contributed by atoms with E-state index in [4.69, 9.17) is 0 Å². The Balaban J connectivity index is 2.43. The number of aryl methyl sites for hydroxylation is 1. The summed E-state index contributed by atoms with van der Waals surface area (Å²) in [5.74, 6) is -0.247. The molecule has 4 heteroatoms. The largest absolute Gasteiger partial charge is 0.469 e. The van der Waals surface area contributed by atoms with Crippen LogP contribution in [0.25, 0.3) is 10.1 Å². The molecule has 2 aromatic rings. The van der Waals surface area contributed by atoms with Crippen molar-refractivity contribution in [3.05, 3.63) is 29.5 Å². The summed E-state index contributed by atoms with van der Waals surface area (Å²) in [6.45, 7) is 2.03. The van der Waals surface area contributed by atoms with Crippen molar-refractivity contribution in [2.45, 2.75) is 13.3 Å². The molecule has 15 heavy (non-hydrogen) atoms. The molecule has 78 valence electrons. The monoisotopic (exact) mass is 221 g/mol. The highest BCUT2D eigenvalue weighted by Gasteiger charge is 2.10. The van der Waals surface area contributed by atoms with Crippen LogP contribution in [0, 0.1) is 6.92 Å². The average Bonchev–Trinajstić information content (AvgIpc) is 2.61. The Morgan fingerprint density at radius 1 is 1.53 bits per heavy atom. The third-order valence-electron chi connectivity index (χ3n) is 2.24. The fourth-order valence-electron chi connectivity index (χ4n) is 1.44. The number of rotatable bonds is 2. The van der Waals surface area contributed by atoms with E-state index in [0.29, 0.717) is 0 Å². The molecule has 0 fully saturated rings. The van der Waals surface area contributed by atoms with E-state index in [1.807, 2.05) is 19.1 Å². The topological polar surface area (TPSA) is 39.2 Å². The molecule has 3 nitrogen and oxygen atoms in total. The zero-order valence-electron chi connectivity index (χ0n) is 8.61. The molecule has 1 heterocycles. The molecule has 0 aliphatic rings. The lowest BCUT2D eigenvalue weighted by atomic mass is 10.1. The normalized spacial score (nSPS) is 10.5. The Labute approximate surface area is 91.8 Å². The maximum atomic E-state index is 11.2. The molecule has 0 unspecified atom stereocenters. The van der Waals surface area contributed by atoms with E-state index in [1.54, 1.807) is 0 Å². The van der Waals surface area contributed by atoms with Crippen LogP contribution in [0.4, 0.5) is 0 Å². The van der Waals surface area contributed by atoms with Crippen LogP contribution in [0.5, 0.6) is 0 Å². The lowest BCUT2D eigenvalue weighted by Gasteiger charge is -1.97. The fourth-order valence-corrected chi connectivity index (χ4v) is 2.21. The molecule has 0 aliphatic carbocycles. The summed E-state index contributed by atoms with van der Waals surface area (Å²) in [5.41, 5.74) is 1.99. The molecule has 1 aromatic heterocycles. The first-order valence-electron chi connectivity index (χ1n) is 4.62. The number of carbonyl (C=O) groups excluding carboxylic acids is 1. The lowest BCUT2D eigenvalue weighted by molar-refractivity contribution is -0.139.